The SMILES string of the molecule is CC1(Nc2cc(N)ncn2)CCOC1. The van der Waals surface area contributed by atoms with Gasteiger partial charge in [-0.15, -0.1) is 0 Å². The summed E-state index contributed by atoms with van der Waals surface area (Å²) >= 11 is 0. The van der Waals surface area contributed by atoms with Crippen LogP contribution in [0, 0.1) is 0 Å². The van der Waals surface area contributed by atoms with Crippen molar-refractivity contribution in [1.29, 1.82) is 0 Å². The van der Waals surface area contributed by atoms with Gasteiger partial charge in [0.1, 0.15) is 18.0 Å². The Kier molecular flexibility index (Phi) is 2.25. The molecule has 1 aromatic rings. The zero-order valence-electron chi connectivity index (χ0n) is 8.16. The Bertz CT molecular complexity index is 322. The van der Waals surface area contributed by atoms with Crippen LogP contribution >= 0.6 is 0 Å². The Hall–Kier alpha value is -1.36. The second kappa shape index (κ2) is 3.42. The van der Waals surface area contributed by atoms with Crippen molar-refractivity contribution >= 4 is 11.6 Å². The van der Waals surface area contributed by atoms with Gasteiger partial charge in [-0.1, -0.05) is 0 Å². The Morgan fingerprint density at radius 3 is 3.07 bits per heavy atom. The fourth-order valence-corrected chi connectivity index (χ4v) is 1.52. The van der Waals surface area contributed by atoms with Crippen molar-refractivity contribution in [2.75, 3.05) is 24.3 Å². The molecule has 1 aliphatic heterocycles. The highest BCUT2D eigenvalue weighted by atomic mass is 16.5. The zero-order valence-corrected chi connectivity index (χ0v) is 8.16. The van der Waals surface area contributed by atoms with Gasteiger partial charge in [0.15, 0.2) is 0 Å². The monoisotopic (exact) mass is 194 g/mol. The lowest BCUT2D eigenvalue weighted by Gasteiger charge is -2.23. The number of aromatic nitrogens is 2. The minimum absolute atomic E-state index is 0.0270. The van der Waals surface area contributed by atoms with Crippen molar-refractivity contribution in [2.45, 2.75) is 18.9 Å². The molecule has 3 N–H and O–H groups in total. The molecule has 76 valence electrons. The van der Waals surface area contributed by atoms with Crippen LogP contribution in [-0.2, 0) is 4.74 Å². The molecule has 2 heterocycles. The summed E-state index contributed by atoms with van der Waals surface area (Å²) in [5.74, 6) is 1.23. The fraction of sp³-hybridized carbons (Fsp3) is 0.556. The molecule has 1 unspecified atom stereocenters. The predicted octanol–water partition coefficient (Wildman–Crippen LogP) is 0.650. The van der Waals surface area contributed by atoms with E-state index in [0.29, 0.717) is 12.4 Å². The van der Waals surface area contributed by atoms with E-state index in [4.69, 9.17) is 10.5 Å². The van der Waals surface area contributed by atoms with Crippen LogP contribution in [0.2, 0.25) is 0 Å². The molecule has 0 aromatic carbocycles. The van der Waals surface area contributed by atoms with Gasteiger partial charge in [0.05, 0.1) is 12.1 Å². The molecule has 5 nitrogen and oxygen atoms in total. The normalized spacial score (nSPS) is 26.4. The molecule has 1 saturated heterocycles. The third-order valence-electron chi connectivity index (χ3n) is 2.34. The quantitative estimate of drug-likeness (QED) is 0.723. The summed E-state index contributed by atoms with van der Waals surface area (Å²) in [7, 11) is 0. The molecule has 0 radical (unpaired) electrons. The second-order valence-corrected chi connectivity index (χ2v) is 3.82. The molecule has 2 rings (SSSR count). The number of ether oxygens (including phenoxy) is 1. The van der Waals surface area contributed by atoms with Crippen molar-refractivity contribution in [1.82, 2.24) is 9.97 Å². The summed E-state index contributed by atoms with van der Waals surface area (Å²) in [6.45, 7) is 3.61. The Morgan fingerprint density at radius 1 is 1.57 bits per heavy atom. The van der Waals surface area contributed by atoms with E-state index in [0.717, 1.165) is 18.8 Å². The van der Waals surface area contributed by atoms with Crippen molar-refractivity contribution in [3.63, 3.8) is 0 Å². The molecule has 1 aliphatic rings. The number of hydrogen-bond acceptors (Lipinski definition) is 5. The topological polar surface area (TPSA) is 73.1 Å². The number of anilines is 2. The van der Waals surface area contributed by atoms with Crippen LogP contribution in [0.3, 0.4) is 0 Å². The average molecular weight is 194 g/mol. The van der Waals surface area contributed by atoms with E-state index in [1.807, 2.05) is 0 Å². The van der Waals surface area contributed by atoms with Crippen molar-refractivity contribution in [2.24, 2.45) is 0 Å². The summed E-state index contributed by atoms with van der Waals surface area (Å²) in [6, 6.07) is 1.73. The van der Waals surface area contributed by atoms with E-state index in [2.05, 4.69) is 22.2 Å². The first kappa shape index (κ1) is 9.21. The molecule has 0 amide bonds. The minimum atomic E-state index is -0.0270. The number of nitrogens with zero attached hydrogens (tertiary/aromatic N) is 2. The van der Waals surface area contributed by atoms with Gasteiger partial charge in [-0.25, -0.2) is 9.97 Å². The van der Waals surface area contributed by atoms with Gasteiger partial charge in [-0.3, -0.25) is 0 Å². The summed E-state index contributed by atoms with van der Waals surface area (Å²) < 4.78 is 5.33. The Labute approximate surface area is 82.7 Å². The van der Waals surface area contributed by atoms with Gasteiger partial charge in [0.25, 0.3) is 0 Å². The Morgan fingerprint density at radius 2 is 2.43 bits per heavy atom. The van der Waals surface area contributed by atoms with Gasteiger partial charge >= 0.3 is 0 Å². The lowest BCUT2D eigenvalue weighted by molar-refractivity contribution is 0.185. The molecular formula is C9H14N4O. The van der Waals surface area contributed by atoms with Gasteiger partial charge < -0.3 is 15.8 Å². The van der Waals surface area contributed by atoms with Gasteiger partial charge in [-0.2, -0.15) is 0 Å². The van der Waals surface area contributed by atoms with E-state index in [9.17, 15) is 0 Å². The van der Waals surface area contributed by atoms with Crippen LogP contribution in [0.5, 0.6) is 0 Å². The first-order valence-corrected chi connectivity index (χ1v) is 4.61. The van der Waals surface area contributed by atoms with Crippen LogP contribution in [0.4, 0.5) is 11.6 Å². The van der Waals surface area contributed by atoms with Gasteiger partial charge in [0.2, 0.25) is 0 Å². The van der Waals surface area contributed by atoms with Crippen LogP contribution in [0.25, 0.3) is 0 Å². The van der Waals surface area contributed by atoms with E-state index < -0.39 is 0 Å². The van der Waals surface area contributed by atoms with Crippen LogP contribution < -0.4 is 11.1 Å². The highest BCUT2D eigenvalue weighted by Gasteiger charge is 2.29. The number of nitrogen functional groups attached to an aromatic ring is 1. The summed E-state index contributed by atoms with van der Waals surface area (Å²) in [5, 5.41) is 3.30. The molecule has 1 aromatic heterocycles. The summed E-state index contributed by atoms with van der Waals surface area (Å²) in [4.78, 5) is 7.92. The summed E-state index contributed by atoms with van der Waals surface area (Å²) in [6.07, 6.45) is 2.44. The maximum Gasteiger partial charge on any atom is 0.131 e. The van der Waals surface area contributed by atoms with E-state index in [1.165, 1.54) is 6.33 Å². The molecule has 5 heteroatoms. The highest BCUT2D eigenvalue weighted by Crippen LogP contribution is 2.22. The van der Waals surface area contributed by atoms with Crippen LogP contribution in [0.15, 0.2) is 12.4 Å². The Balaban J connectivity index is 2.10. The number of nitrogens with one attached hydrogen (secondary N) is 1. The molecule has 14 heavy (non-hydrogen) atoms. The molecule has 0 aliphatic carbocycles. The standard InChI is InChI=1S/C9H14N4O/c1-9(2-3-14-5-9)13-8-4-7(10)11-6-12-8/h4,6H,2-3,5H2,1H3,(H3,10,11,12,13). The lowest BCUT2D eigenvalue weighted by Crippen LogP contribution is -2.35. The molecule has 1 fully saturated rings. The van der Waals surface area contributed by atoms with Crippen LogP contribution in [-0.4, -0.2) is 28.7 Å². The van der Waals surface area contributed by atoms with Gasteiger partial charge in [0, 0.05) is 12.7 Å². The third kappa shape index (κ3) is 1.93. The first-order chi connectivity index (χ1) is 6.68. The maximum absolute atomic E-state index is 5.55. The molecule has 0 bridgehead atoms. The average Bonchev–Trinajstić information content (AvgIpc) is 2.51. The number of hydrogen-bond donors (Lipinski definition) is 2. The van der Waals surface area contributed by atoms with Crippen LogP contribution in [0.1, 0.15) is 13.3 Å². The minimum Gasteiger partial charge on any atom is -0.384 e. The van der Waals surface area contributed by atoms with E-state index in [1.54, 1.807) is 6.07 Å². The van der Waals surface area contributed by atoms with Crippen molar-refractivity contribution in [3.05, 3.63) is 12.4 Å². The smallest absolute Gasteiger partial charge is 0.131 e. The van der Waals surface area contributed by atoms with Crippen molar-refractivity contribution in [3.8, 4) is 0 Å². The second-order valence-electron chi connectivity index (χ2n) is 3.82. The van der Waals surface area contributed by atoms with Gasteiger partial charge in [-0.05, 0) is 13.3 Å². The largest absolute Gasteiger partial charge is 0.384 e. The third-order valence-corrected chi connectivity index (χ3v) is 2.34. The molecule has 0 saturated carbocycles. The zero-order chi connectivity index (χ0) is 10.0. The predicted molar refractivity (Wildman–Crippen MR) is 53.9 cm³/mol. The van der Waals surface area contributed by atoms with Crippen molar-refractivity contribution < 1.29 is 4.74 Å². The molecular weight excluding hydrogens is 180 g/mol. The first-order valence-electron chi connectivity index (χ1n) is 4.61. The number of rotatable bonds is 2. The molecule has 1 atom stereocenters. The fourth-order valence-electron chi connectivity index (χ4n) is 1.52. The number of nitrogens with two attached hydrogens (primary N) is 1. The van der Waals surface area contributed by atoms with E-state index >= 15 is 0 Å². The maximum atomic E-state index is 5.55. The highest BCUT2D eigenvalue weighted by molar-refractivity contribution is 5.45. The lowest BCUT2D eigenvalue weighted by atomic mass is 10.0. The van der Waals surface area contributed by atoms with E-state index in [-0.39, 0.29) is 5.54 Å². The summed E-state index contributed by atoms with van der Waals surface area (Å²) in [5.41, 5.74) is 5.53. The molecule has 0 spiro atoms.